The maximum absolute atomic E-state index is 6.22. The highest BCUT2D eigenvalue weighted by Crippen LogP contribution is 2.49. The normalized spacial score (nSPS) is 11.6. The van der Waals surface area contributed by atoms with E-state index < -0.39 is 0 Å². The van der Waals surface area contributed by atoms with Crippen LogP contribution in [-0.4, -0.2) is 4.98 Å². The minimum Gasteiger partial charge on any atom is -0.456 e. The average Bonchev–Trinajstić information content (AvgIpc) is 3.49. The van der Waals surface area contributed by atoms with Crippen molar-refractivity contribution in [2.45, 2.75) is 0 Å². The maximum Gasteiger partial charge on any atom is 0.135 e. The molecule has 7 aromatic carbocycles. The third-order valence-electron chi connectivity index (χ3n) is 8.99. The van der Waals surface area contributed by atoms with Gasteiger partial charge in [0, 0.05) is 23.2 Å². The molecule has 9 aromatic rings. The van der Waals surface area contributed by atoms with Crippen LogP contribution in [-0.2, 0) is 0 Å². The lowest BCUT2D eigenvalue weighted by molar-refractivity contribution is 0.669. The van der Waals surface area contributed by atoms with Crippen LogP contribution >= 0.6 is 0 Å². The molecule has 2 heterocycles. The van der Waals surface area contributed by atoms with E-state index in [-0.39, 0.29) is 0 Å². The van der Waals surface area contributed by atoms with E-state index in [4.69, 9.17) is 4.42 Å². The molecule has 0 radical (unpaired) electrons. The zero-order chi connectivity index (χ0) is 29.7. The van der Waals surface area contributed by atoms with Gasteiger partial charge in [-0.05, 0) is 96.4 Å². The molecular weight excluding hydrogens is 546 g/mol. The molecule has 0 saturated carbocycles. The van der Waals surface area contributed by atoms with Gasteiger partial charge in [-0.25, -0.2) is 0 Å². The number of furan rings is 1. The third kappa shape index (κ3) is 4.07. The van der Waals surface area contributed by atoms with Crippen molar-refractivity contribution in [3.63, 3.8) is 0 Å². The first-order chi connectivity index (χ1) is 22.3. The minimum absolute atomic E-state index is 0.901. The number of benzene rings is 7. The lowest BCUT2D eigenvalue weighted by Crippen LogP contribution is -1.95. The molecule has 9 rings (SSSR count). The van der Waals surface area contributed by atoms with Crippen molar-refractivity contribution in [3.8, 4) is 44.5 Å². The summed E-state index contributed by atoms with van der Waals surface area (Å²) in [5, 5.41) is 7.16. The monoisotopic (exact) mass is 573 g/mol. The van der Waals surface area contributed by atoms with Crippen molar-refractivity contribution in [1.29, 1.82) is 0 Å². The minimum atomic E-state index is 0.901. The Morgan fingerprint density at radius 2 is 0.889 bits per heavy atom. The van der Waals surface area contributed by atoms with Gasteiger partial charge in [-0.1, -0.05) is 121 Å². The molecule has 0 saturated heterocycles. The summed E-state index contributed by atoms with van der Waals surface area (Å²) in [6.07, 6.45) is 3.76. The molecule has 0 fully saturated rings. The first-order valence-electron chi connectivity index (χ1n) is 15.3. The third-order valence-corrected chi connectivity index (χ3v) is 8.99. The zero-order valence-corrected chi connectivity index (χ0v) is 24.4. The first kappa shape index (κ1) is 25.5. The molecule has 0 unspecified atom stereocenters. The van der Waals surface area contributed by atoms with E-state index in [1.165, 1.54) is 54.9 Å². The summed E-state index contributed by atoms with van der Waals surface area (Å²) in [7, 11) is 0. The van der Waals surface area contributed by atoms with E-state index >= 15 is 0 Å². The molecule has 0 aliphatic heterocycles. The van der Waals surface area contributed by atoms with Crippen molar-refractivity contribution >= 4 is 43.5 Å². The fourth-order valence-electron chi connectivity index (χ4n) is 7.04. The highest BCUT2D eigenvalue weighted by atomic mass is 16.3. The Hall–Kier alpha value is -5.99. The summed E-state index contributed by atoms with van der Waals surface area (Å²) in [6.45, 7) is 0. The summed E-state index contributed by atoms with van der Waals surface area (Å²) in [5.41, 5.74) is 11.4. The van der Waals surface area contributed by atoms with Gasteiger partial charge in [-0.3, -0.25) is 4.98 Å². The number of hydrogen-bond donors (Lipinski definition) is 0. The summed E-state index contributed by atoms with van der Waals surface area (Å²) in [6, 6.07) is 54.3. The molecule has 0 aliphatic carbocycles. The van der Waals surface area contributed by atoms with Gasteiger partial charge in [0.05, 0.1) is 0 Å². The molecule has 210 valence electrons. The van der Waals surface area contributed by atoms with Crippen molar-refractivity contribution in [1.82, 2.24) is 4.98 Å². The maximum atomic E-state index is 6.22. The molecule has 0 aliphatic rings. The zero-order valence-electron chi connectivity index (χ0n) is 24.4. The number of pyridine rings is 1. The molecule has 0 atom stereocenters. The highest BCUT2D eigenvalue weighted by Gasteiger charge is 2.22. The topological polar surface area (TPSA) is 26.0 Å². The van der Waals surface area contributed by atoms with Gasteiger partial charge in [0.25, 0.3) is 0 Å². The van der Waals surface area contributed by atoms with Gasteiger partial charge < -0.3 is 4.42 Å². The molecule has 2 aromatic heterocycles. The number of hydrogen-bond acceptors (Lipinski definition) is 2. The lowest BCUT2D eigenvalue weighted by atomic mass is 9.81. The largest absolute Gasteiger partial charge is 0.456 e. The fourth-order valence-corrected chi connectivity index (χ4v) is 7.04. The van der Waals surface area contributed by atoms with Crippen LogP contribution in [0.25, 0.3) is 88.0 Å². The van der Waals surface area contributed by atoms with Gasteiger partial charge in [0.1, 0.15) is 11.2 Å². The van der Waals surface area contributed by atoms with E-state index in [1.807, 2.05) is 24.5 Å². The Labute approximate surface area is 260 Å². The van der Waals surface area contributed by atoms with Gasteiger partial charge in [0.15, 0.2) is 0 Å². The second-order valence-electron chi connectivity index (χ2n) is 11.5. The van der Waals surface area contributed by atoms with E-state index in [0.29, 0.717) is 0 Å². The van der Waals surface area contributed by atoms with Crippen molar-refractivity contribution < 1.29 is 4.42 Å². The fraction of sp³-hybridized carbons (Fsp3) is 0. The number of fused-ring (bicyclic) bond motifs is 5. The summed E-state index contributed by atoms with van der Waals surface area (Å²) >= 11 is 0. The van der Waals surface area contributed by atoms with Crippen LogP contribution in [0.4, 0.5) is 0 Å². The molecule has 0 N–H and O–H groups in total. The standard InChI is InChI=1S/C43H27NO/c1-2-11-28(12-3-1)31-18-10-19-32(30-21-22-40-38(27-30)33-13-8-9-20-39(33)45-40)42(31)43-36-16-6-4-14-34(36)41(29-23-25-44-26-24-29)35-15-5-7-17-37(35)43/h1-27H. The van der Waals surface area contributed by atoms with Crippen LogP contribution in [0.3, 0.4) is 0 Å². The van der Waals surface area contributed by atoms with Crippen LogP contribution in [0.2, 0.25) is 0 Å². The van der Waals surface area contributed by atoms with E-state index in [0.717, 1.165) is 33.1 Å². The highest BCUT2D eigenvalue weighted by molar-refractivity contribution is 6.24. The van der Waals surface area contributed by atoms with E-state index in [9.17, 15) is 0 Å². The molecule has 45 heavy (non-hydrogen) atoms. The Bertz CT molecular complexity index is 2470. The Morgan fingerprint density at radius 3 is 1.58 bits per heavy atom. The van der Waals surface area contributed by atoms with E-state index in [1.54, 1.807) is 0 Å². The van der Waals surface area contributed by atoms with Gasteiger partial charge in [-0.15, -0.1) is 0 Å². The van der Waals surface area contributed by atoms with Crippen LogP contribution in [0, 0.1) is 0 Å². The molecule has 2 nitrogen and oxygen atoms in total. The molecule has 0 spiro atoms. The first-order valence-corrected chi connectivity index (χ1v) is 15.3. The Kier molecular flexibility index (Phi) is 5.85. The summed E-state index contributed by atoms with van der Waals surface area (Å²) in [4.78, 5) is 4.32. The average molecular weight is 574 g/mol. The van der Waals surface area contributed by atoms with E-state index in [2.05, 4.69) is 145 Å². The molecule has 0 bridgehead atoms. The van der Waals surface area contributed by atoms with Crippen LogP contribution in [0.1, 0.15) is 0 Å². The van der Waals surface area contributed by atoms with Crippen molar-refractivity contribution in [3.05, 3.63) is 164 Å². The van der Waals surface area contributed by atoms with Gasteiger partial charge in [-0.2, -0.15) is 0 Å². The smallest absolute Gasteiger partial charge is 0.135 e. The summed E-state index contributed by atoms with van der Waals surface area (Å²) in [5.74, 6) is 0. The van der Waals surface area contributed by atoms with Gasteiger partial charge >= 0.3 is 0 Å². The van der Waals surface area contributed by atoms with Crippen LogP contribution in [0.5, 0.6) is 0 Å². The molecule has 2 heteroatoms. The molecular formula is C43H27NO. The Balaban J connectivity index is 1.44. The number of para-hydroxylation sites is 1. The lowest BCUT2D eigenvalue weighted by Gasteiger charge is -2.22. The van der Waals surface area contributed by atoms with Crippen molar-refractivity contribution in [2.75, 3.05) is 0 Å². The van der Waals surface area contributed by atoms with Crippen LogP contribution in [0.15, 0.2) is 168 Å². The predicted octanol–water partition coefficient (Wildman–Crippen LogP) is 12.0. The quantitative estimate of drug-likeness (QED) is 0.196. The number of nitrogens with zero attached hydrogens (tertiary/aromatic N) is 1. The predicted molar refractivity (Wildman–Crippen MR) is 188 cm³/mol. The summed E-state index contributed by atoms with van der Waals surface area (Å²) < 4.78 is 6.22. The second kappa shape index (κ2) is 10.3. The second-order valence-corrected chi connectivity index (χ2v) is 11.5. The molecule has 0 amide bonds. The number of aromatic nitrogens is 1. The SMILES string of the molecule is c1ccc(-c2cccc(-c3ccc4oc5ccccc5c4c3)c2-c2c3ccccc3c(-c3ccncc3)c3ccccc23)cc1. The Morgan fingerprint density at radius 1 is 0.333 bits per heavy atom. The van der Waals surface area contributed by atoms with Gasteiger partial charge in [0.2, 0.25) is 0 Å². The van der Waals surface area contributed by atoms with Crippen LogP contribution < -0.4 is 0 Å². The van der Waals surface area contributed by atoms with Crippen molar-refractivity contribution in [2.24, 2.45) is 0 Å². The number of rotatable bonds is 4.